The molecule has 3 heterocycles. The first-order chi connectivity index (χ1) is 10.8. The van der Waals surface area contributed by atoms with Gasteiger partial charge in [0.15, 0.2) is 0 Å². The fourth-order valence-electron chi connectivity index (χ4n) is 3.17. The minimum absolute atomic E-state index is 0.208. The number of aromatic nitrogens is 5. The van der Waals surface area contributed by atoms with Gasteiger partial charge >= 0.3 is 0 Å². The van der Waals surface area contributed by atoms with Gasteiger partial charge in [-0.25, -0.2) is 0 Å². The maximum atomic E-state index is 12.4. The molecule has 0 atom stereocenters. The molecule has 0 saturated heterocycles. The van der Waals surface area contributed by atoms with Crippen molar-refractivity contribution in [2.24, 2.45) is 0 Å². The van der Waals surface area contributed by atoms with Crippen LogP contribution < -0.4 is 0 Å². The molecule has 0 radical (unpaired) electrons. The molecule has 1 fully saturated rings. The van der Waals surface area contributed by atoms with Gasteiger partial charge in [0.2, 0.25) is 5.91 Å². The number of rotatable bonds is 4. The molecular weight excluding hydrogens is 280 g/mol. The van der Waals surface area contributed by atoms with Crippen molar-refractivity contribution in [2.75, 3.05) is 13.1 Å². The van der Waals surface area contributed by atoms with Crippen LogP contribution in [0.1, 0.15) is 42.1 Å². The van der Waals surface area contributed by atoms with Crippen LogP contribution >= 0.6 is 0 Å². The van der Waals surface area contributed by atoms with E-state index in [1.54, 1.807) is 12.7 Å². The van der Waals surface area contributed by atoms with Gasteiger partial charge in [-0.15, -0.1) is 10.2 Å². The van der Waals surface area contributed by atoms with E-state index in [9.17, 15) is 4.79 Å². The maximum absolute atomic E-state index is 12.4. The highest BCUT2D eigenvalue weighted by Crippen LogP contribution is 2.41. The molecule has 22 heavy (non-hydrogen) atoms. The molecule has 1 amide bonds. The molecule has 0 unspecified atom stereocenters. The second-order valence-electron chi connectivity index (χ2n) is 6.17. The Balaban J connectivity index is 1.38. The van der Waals surface area contributed by atoms with Crippen molar-refractivity contribution in [1.29, 1.82) is 0 Å². The standard InChI is InChI=1S/C15H20N6O/c22-14(5-6-20-9-16-17-10-20)21-7-3-12-13(4-8-21)18-19-15(12)11-1-2-11/h9-11H,1-8H2,(H,18,19). The average molecular weight is 300 g/mol. The van der Waals surface area contributed by atoms with E-state index in [0.29, 0.717) is 18.9 Å². The predicted octanol–water partition coefficient (Wildman–Crippen LogP) is 0.896. The zero-order valence-corrected chi connectivity index (χ0v) is 12.5. The zero-order valence-electron chi connectivity index (χ0n) is 12.5. The summed E-state index contributed by atoms with van der Waals surface area (Å²) in [5.41, 5.74) is 3.86. The quantitative estimate of drug-likeness (QED) is 0.909. The third-order valence-electron chi connectivity index (χ3n) is 4.62. The van der Waals surface area contributed by atoms with Gasteiger partial charge in [-0.1, -0.05) is 0 Å². The molecule has 116 valence electrons. The van der Waals surface area contributed by atoms with E-state index in [0.717, 1.165) is 25.9 Å². The minimum atomic E-state index is 0.208. The number of aryl methyl sites for hydroxylation is 1. The molecule has 7 nitrogen and oxygen atoms in total. The van der Waals surface area contributed by atoms with Crippen LogP contribution in [0.5, 0.6) is 0 Å². The van der Waals surface area contributed by atoms with E-state index >= 15 is 0 Å². The number of aromatic amines is 1. The lowest BCUT2D eigenvalue weighted by molar-refractivity contribution is -0.131. The number of hydrogen-bond acceptors (Lipinski definition) is 4. The van der Waals surface area contributed by atoms with E-state index in [1.807, 2.05) is 9.47 Å². The van der Waals surface area contributed by atoms with Crippen molar-refractivity contribution in [2.45, 2.75) is 44.6 Å². The topological polar surface area (TPSA) is 79.7 Å². The molecular formula is C15H20N6O. The monoisotopic (exact) mass is 300 g/mol. The molecule has 0 aromatic carbocycles. The maximum Gasteiger partial charge on any atom is 0.224 e. The van der Waals surface area contributed by atoms with Crippen LogP contribution in [0.15, 0.2) is 12.7 Å². The first-order valence-electron chi connectivity index (χ1n) is 7.97. The predicted molar refractivity (Wildman–Crippen MR) is 79.2 cm³/mol. The van der Waals surface area contributed by atoms with Crippen LogP contribution in [-0.2, 0) is 24.2 Å². The third kappa shape index (κ3) is 2.63. The highest BCUT2D eigenvalue weighted by Gasteiger charge is 2.31. The summed E-state index contributed by atoms with van der Waals surface area (Å²) in [7, 11) is 0. The fraction of sp³-hybridized carbons (Fsp3) is 0.600. The van der Waals surface area contributed by atoms with Crippen LogP contribution in [0.4, 0.5) is 0 Å². The Kier molecular flexibility index (Phi) is 3.40. The number of hydrogen-bond donors (Lipinski definition) is 1. The van der Waals surface area contributed by atoms with E-state index in [2.05, 4.69) is 20.4 Å². The van der Waals surface area contributed by atoms with Gasteiger partial charge in [-0.3, -0.25) is 9.89 Å². The molecule has 1 aliphatic carbocycles. The lowest BCUT2D eigenvalue weighted by Crippen LogP contribution is -2.33. The van der Waals surface area contributed by atoms with Gasteiger partial charge in [-0.05, 0) is 24.8 Å². The highest BCUT2D eigenvalue weighted by atomic mass is 16.2. The van der Waals surface area contributed by atoms with Gasteiger partial charge < -0.3 is 9.47 Å². The Morgan fingerprint density at radius 3 is 2.77 bits per heavy atom. The van der Waals surface area contributed by atoms with E-state index in [-0.39, 0.29) is 5.91 Å². The Morgan fingerprint density at radius 1 is 1.23 bits per heavy atom. The Morgan fingerprint density at radius 2 is 2.00 bits per heavy atom. The summed E-state index contributed by atoms with van der Waals surface area (Å²) in [5.74, 6) is 0.871. The molecule has 2 aromatic rings. The number of amides is 1. The first-order valence-corrected chi connectivity index (χ1v) is 7.97. The number of nitrogens with zero attached hydrogens (tertiary/aromatic N) is 5. The minimum Gasteiger partial charge on any atom is -0.342 e. The van der Waals surface area contributed by atoms with Crippen molar-refractivity contribution < 1.29 is 4.79 Å². The number of nitrogens with one attached hydrogen (secondary N) is 1. The number of carbonyl (C=O) groups excluding carboxylic acids is 1. The smallest absolute Gasteiger partial charge is 0.224 e. The molecule has 7 heteroatoms. The molecule has 0 spiro atoms. The molecule has 4 rings (SSSR count). The summed E-state index contributed by atoms with van der Waals surface area (Å²) >= 11 is 0. The van der Waals surface area contributed by atoms with E-state index in [4.69, 9.17) is 0 Å². The van der Waals surface area contributed by atoms with Gasteiger partial charge in [0, 0.05) is 44.1 Å². The molecule has 1 aliphatic heterocycles. The molecule has 1 N–H and O–H groups in total. The number of fused-ring (bicyclic) bond motifs is 1. The van der Waals surface area contributed by atoms with Crippen molar-refractivity contribution in [1.82, 2.24) is 29.9 Å². The van der Waals surface area contributed by atoms with Crippen LogP contribution in [0.25, 0.3) is 0 Å². The van der Waals surface area contributed by atoms with Crippen LogP contribution in [0.2, 0.25) is 0 Å². The van der Waals surface area contributed by atoms with Gasteiger partial charge in [-0.2, -0.15) is 5.10 Å². The van der Waals surface area contributed by atoms with Crippen molar-refractivity contribution in [3.63, 3.8) is 0 Å². The summed E-state index contributed by atoms with van der Waals surface area (Å²) in [5, 5.41) is 15.2. The van der Waals surface area contributed by atoms with Gasteiger partial charge in [0.05, 0.1) is 5.69 Å². The Bertz CT molecular complexity index is 658. The van der Waals surface area contributed by atoms with E-state index < -0.39 is 0 Å². The lowest BCUT2D eigenvalue weighted by Gasteiger charge is -2.20. The zero-order chi connectivity index (χ0) is 14.9. The van der Waals surface area contributed by atoms with Crippen LogP contribution in [0.3, 0.4) is 0 Å². The van der Waals surface area contributed by atoms with Gasteiger partial charge in [0.1, 0.15) is 12.7 Å². The molecule has 1 saturated carbocycles. The van der Waals surface area contributed by atoms with Crippen LogP contribution in [0, 0.1) is 0 Å². The van der Waals surface area contributed by atoms with Crippen LogP contribution in [-0.4, -0.2) is 48.9 Å². The summed E-state index contributed by atoms with van der Waals surface area (Å²) < 4.78 is 1.84. The summed E-state index contributed by atoms with van der Waals surface area (Å²) in [6, 6.07) is 0. The normalized spacial score (nSPS) is 18.1. The molecule has 2 aliphatic rings. The van der Waals surface area contributed by atoms with Crippen molar-refractivity contribution >= 4 is 5.91 Å². The summed E-state index contributed by atoms with van der Waals surface area (Å²) in [6.45, 7) is 2.22. The van der Waals surface area contributed by atoms with Crippen molar-refractivity contribution in [3.05, 3.63) is 29.6 Å². The largest absolute Gasteiger partial charge is 0.342 e. The summed E-state index contributed by atoms with van der Waals surface area (Å²) in [4.78, 5) is 14.4. The fourth-order valence-corrected chi connectivity index (χ4v) is 3.17. The second kappa shape index (κ2) is 5.55. The second-order valence-corrected chi connectivity index (χ2v) is 6.17. The SMILES string of the molecule is O=C(CCn1cnnc1)N1CCc2[nH]nc(C3CC3)c2CC1. The molecule has 2 aromatic heterocycles. The molecule has 0 bridgehead atoms. The van der Waals surface area contributed by atoms with Crippen molar-refractivity contribution in [3.8, 4) is 0 Å². The Hall–Kier alpha value is -2.18. The first kappa shape index (κ1) is 13.5. The summed E-state index contributed by atoms with van der Waals surface area (Å²) in [6.07, 6.45) is 8.13. The number of carbonyl (C=O) groups is 1. The third-order valence-corrected chi connectivity index (χ3v) is 4.62. The average Bonchev–Trinajstić information content (AvgIpc) is 3.16. The van der Waals surface area contributed by atoms with E-state index in [1.165, 1.54) is 29.8 Å². The number of H-pyrrole nitrogens is 1. The van der Waals surface area contributed by atoms with Gasteiger partial charge in [0.25, 0.3) is 0 Å². The lowest BCUT2D eigenvalue weighted by atomic mass is 10.1. The Labute approximate surface area is 128 Å². The highest BCUT2D eigenvalue weighted by molar-refractivity contribution is 5.76.